The molecule has 1 aromatic carbocycles. The summed E-state index contributed by atoms with van der Waals surface area (Å²) in [6.45, 7) is 8.55. The number of para-hydroxylation sites is 1. The average molecular weight is 258 g/mol. The molecule has 0 amide bonds. The normalized spacial score (nSPS) is 11.5. The second-order valence-electron chi connectivity index (χ2n) is 5.73. The van der Waals surface area contributed by atoms with Crippen LogP contribution in [0.1, 0.15) is 44.9 Å². The number of benzene rings is 1. The van der Waals surface area contributed by atoms with E-state index < -0.39 is 0 Å². The van der Waals surface area contributed by atoms with Gasteiger partial charge in [-0.15, -0.1) is 0 Å². The Bertz CT molecular complexity index is 591. The number of aromatic amines is 1. The van der Waals surface area contributed by atoms with E-state index in [0.717, 1.165) is 23.4 Å². The third kappa shape index (κ3) is 2.80. The van der Waals surface area contributed by atoms with Crippen LogP contribution in [0.3, 0.4) is 0 Å². The van der Waals surface area contributed by atoms with Crippen LogP contribution < -0.4 is 5.56 Å². The molecule has 0 aliphatic rings. The quantitative estimate of drug-likeness (QED) is 0.895. The van der Waals surface area contributed by atoms with E-state index in [1.165, 1.54) is 0 Å². The molecule has 0 radical (unpaired) electrons. The van der Waals surface area contributed by atoms with Gasteiger partial charge in [-0.05, 0) is 30.4 Å². The molecule has 0 fully saturated rings. The van der Waals surface area contributed by atoms with E-state index in [9.17, 15) is 4.79 Å². The molecule has 1 heterocycles. The summed E-state index contributed by atoms with van der Waals surface area (Å²) >= 11 is 0. The Hall–Kier alpha value is -1.77. The third-order valence-corrected chi connectivity index (χ3v) is 3.21. The van der Waals surface area contributed by atoms with E-state index >= 15 is 0 Å². The van der Waals surface area contributed by atoms with Crippen molar-refractivity contribution in [1.29, 1.82) is 0 Å². The Labute approximate surface area is 114 Å². The van der Waals surface area contributed by atoms with Crippen LogP contribution in [-0.2, 0) is 6.42 Å². The van der Waals surface area contributed by atoms with Crippen molar-refractivity contribution in [2.24, 2.45) is 5.92 Å². The molecule has 0 aliphatic heterocycles. The smallest absolute Gasteiger partial charge is 0.267 e. The molecule has 0 spiro atoms. The second kappa shape index (κ2) is 5.47. The van der Waals surface area contributed by atoms with Crippen LogP contribution in [0.15, 0.2) is 35.1 Å². The highest BCUT2D eigenvalue weighted by molar-refractivity contribution is 5.36. The minimum Gasteiger partial charge on any atom is -0.268 e. The van der Waals surface area contributed by atoms with E-state index in [2.05, 4.69) is 32.8 Å². The fraction of sp³-hybridized carbons (Fsp3) is 0.438. The van der Waals surface area contributed by atoms with E-state index in [1.54, 1.807) is 0 Å². The lowest BCUT2D eigenvalue weighted by molar-refractivity contribution is 0.631. The van der Waals surface area contributed by atoms with Crippen molar-refractivity contribution in [3.63, 3.8) is 0 Å². The highest BCUT2D eigenvalue weighted by atomic mass is 16.1. The first-order valence-corrected chi connectivity index (χ1v) is 6.90. The first kappa shape index (κ1) is 13.7. The van der Waals surface area contributed by atoms with E-state index in [-0.39, 0.29) is 5.56 Å². The minimum atomic E-state index is 0.0428. The lowest BCUT2D eigenvalue weighted by Gasteiger charge is -2.14. The largest absolute Gasteiger partial charge is 0.268 e. The number of hydrogen-bond donors (Lipinski definition) is 1. The van der Waals surface area contributed by atoms with E-state index in [1.807, 2.05) is 35.0 Å². The number of hydrogen-bond acceptors (Lipinski definition) is 1. The fourth-order valence-corrected chi connectivity index (χ4v) is 2.47. The van der Waals surface area contributed by atoms with Crippen molar-refractivity contribution in [3.8, 4) is 5.69 Å². The number of H-pyrrole nitrogens is 1. The lowest BCUT2D eigenvalue weighted by atomic mass is 9.98. The maximum Gasteiger partial charge on any atom is 0.267 e. The van der Waals surface area contributed by atoms with Crippen molar-refractivity contribution in [3.05, 3.63) is 51.9 Å². The molecular formula is C16H22N2O. The Morgan fingerprint density at radius 2 is 1.74 bits per heavy atom. The van der Waals surface area contributed by atoms with Gasteiger partial charge in [0.2, 0.25) is 0 Å². The Balaban J connectivity index is 2.60. The zero-order valence-electron chi connectivity index (χ0n) is 12.1. The van der Waals surface area contributed by atoms with Gasteiger partial charge < -0.3 is 0 Å². The van der Waals surface area contributed by atoms with Gasteiger partial charge in [0.15, 0.2) is 0 Å². The van der Waals surface area contributed by atoms with E-state index in [4.69, 9.17) is 0 Å². The molecule has 0 saturated heterocycles. The van der Waals surface area contributed by atoms with Gasteiger partial charge in [-0.1, -0.05) is 45.9 Å². The zero-order valence-corrected chi connectivity index (χ0v) is 12.1. The summed E-state index contributed by atoms with van der Waals surface area (Å²) in [7, 11) is 0. The predicted molar refractivity (Wildman–Crippen MR) is 79.0 cm³/mol. The van der Waals surface area contributed by atoms with Crippen molar-refractivity contribution < 1.29 is 0 Å². The van der Waals surface area contributed by atoms with Crippen molar-refractivity contribution in [2.45, 2.75) is 40.0 Å². The summed E-state index contributed by atoms with van der Waals surface area (Å²) in [5.74, 6) is 0.790. The third-order valence-electron chi connectivity index (χ3n) is 3.21. The Morgan fingerprint density at radius 1 is 1.11 bits per heavy atom. The van der Waals surface area contributed by atoms with Crippen LogP contribution in [-0.4, -0.2) is 9.78 Å². The molecule has 1 N–H and O–H groups in total. The number of rotatable bonds is 4. The minimum absolute atomic E-state index is 0.0428. The lowest BCUT2D eigenvalue weighted by Crippen LogP contribution is -2.10. The van der Waals surface area contributed by atoms with Gasteiger partial charge in [-0.2, -0.15) is 0 Å². The molecule has 1 aromatic heterocycles. The molecular weight excluding hydrogens is 236 g/mol. The monoisotopic (exact) mass is 258 g/mol. The summed E-state index contributed by atoms with van der Waals surface area (Å²) in [6.07, 6.45) is 0.822. The van der Waals surface area contributed by atoms with Crippen molar-refractivity contribution in [1.82, 2.24) is 9.78 Å². The summed E-state index contributed by atoms with van der Waals surface area (Å²) < 4.78 is 1.94. The predicted octanol–water partition coefficient (Wildman–Crippen LogP) is 3.49. The summed E-state index contributed by atoms with van der Waals surface area (Å²) in [6, 6.07) is 9.98. The van der Waals surface area contributed by atoms with Gasteiger partial charge in [-0.25, -0.2) is 0 Å². The first-order chi connectivity index (χ1) is 9.00. The van der Waals surface area contributed by atoms with Crippen LogP contribution in [0.5, 0.6) is 0 Å². The molecule has 0 aliphatic carbocycles. The average Bonchev–Trinajstić information content (AvgIpc) is 2.67. The molecule has 102 valence electrons. The maximum absolute atomic E-state index is 12.2. The number of nitrogens with one attached hydrogen (secondary N) is 1. The first-order valence-electron chi connectivity index (χ1n) is 6.90. The molecule has 0 bridgehead atoms. The SMILES string of the molecule is CC(C)Cc1c(C(C)C)n(-c2ccccc2)[nH]c1=O. The molecule has 3 heteroatoms. The molecule has 2 rings (SSSR count). The molecule has 2 aromatic rings. The van der Waals surface area contributed by atoms with E-state index in [0.29, 0.717) is 11.8 Å². The van der Waals surface area contributed by atoms with Gasteiger partial charge >= 0.3 is 0 Å². The Kier molecular flexibility index (Phi) is 3.93. The van der Waals surface area contributed by atoms with Gasteiger partial charge in [0, 0.05) is 5.56 Å². The van der Waals surface area contributed by atoms with Crippen LogP contribution >= 0.6 is 0 Å². The summed E-state index contributed by atoms with van der Waals surface area (Å²) in [4.78, 5) is 12.2. The molecule has 19 heavy (non-hydrogen) atoms. The molecule has 0 saturated carbocycles. The topological polar surface area (TPSA) is 37.8 Å². The van der Waals surface area contributed by atoms with Gasteiger partial charge in [0.05, 0.1) is 11.4 Å². The summed E-state index contributed by atoms with van der Waals surface area (Å²) in [5.41, 5.74) is 3.08. The van der Waals surface area contributed by atoms with Gasteiger partial charge in [0.1, 0.15) is 0 Å². The molecule has 0 atom stereocenters. The van der Waals surface area contributed by atoms with Crippen LogP contribution in [0, 0.1) is 5.92 Å². The standard InChI is InChI=1S/C16H22N2O/c1-11(2)10-14-15(12(3)4)18(17-16(14)19)13-8-6-5-7-9-13/h5-9,11-12H,10H2,1-4H3,(H,17,19). The molecule has 0 unspecified atom stereocenters. The number of nitrogens with zero attached hydrogens (tertiary/aromatic N) is 1. The highest BCUT2D eigenvalue weighted by Gasteiger charge is 2.19. The fourth-order valence-electron chi connectivity index (χ4n) is 2.47. The zero-order chi connectivity index (χ0) is 14.0. The van der Waals surface area contributed by atoms with Crippen molar-refractivity contribution >= 4 is 0 Å². The van der Waals surface area contributed by atoms with Crippen molar-refractivity contribution in [2.75, 3.05) is 0 Å². The van der Waals surface area contributed by atoms with Crippen LogP contribution in [0.2, 0.25) is 0 Å². The Morgan fingerprint density at radius 3 is 2.26 bits per heavy atom. The van der Waals surface area contributed by atoms with Gasteiger partial charge in [-0.3, -0.25) is 14.6 Å². The maximum atomic E-state index is 12.2. The van der Waals surface area contributed by atoms with Crippen LogP contribution in [0.4, 0.5) is 0 Å². The summed E-state index contributed by atoms with van der Waals surface area (Å²) in [5, 5.41) is 2.98. The number of aromatic nitrogens is 2. The van der Waals surface area contributed by atoms with Gasteiger partial charge in [0.25, 0.3) is 5.56 Å². The second-order valence-corrected chi connectivity index (χ2v) is 5.73. The van der Waals surface area contributed by atoms with Crippen LogP contribution in [0.25, 0.3) is 5.69 Å². The highest BCUT2D eigenvalue weighted by Crippen LogP contribution is 2.22. The molecule has 3 nitrogen and oxygen atoms in total.